The van der Waals surface area contributed by atoms with Gasteiger partial charge in [0.1, 0.15) is 5.75 Å². The van der Waals surface area contributed by atoms with Crippen LogP contribution < -0.4 is 15.4 Å². The van der Waals surface area contributed by atoms with Crippen LogP contribution in [-0.2, 0) is 4.79 Å². The highest BCUT2D eigenvalue weighted by Gasteiger charge is 2.39. The molecule has 1 aromatic rings. The molecule has 0 radical (unpaired) electrons. The predicted molar refractivity (Wildman–Crippen MR) is 92.0 cm³/mol. The minimum Gasteiger partial charge on any atom is -0.493 e. The van der Waals surface area contributed by atoms with E-state index >= 15 is 0 Å². The van der Waals surface area contributed by atoms with Gasteiger partial charge in [0.15, 0.2) is 0 Å². The monoisotopic (exact) mass is 336 g/mol. The van der Waals surface area contributed by atoms with Crippen molar-refractivity contribution in [3.8, 4) is 5.75 Å². The van der Waals surface area contributed by atoms with Crippen molar-refractivity contribution in [1.29, 1.82) is 0 Å². The first kappa shape index (κ1) is 16.6. The number of carbonyl (C=O) groups excluding carboxylic acids is 1. The molecule has 2 aliphatic heterocycles. The Morgan fingerprint density at radius 2 is 2.00 bits per heavy atom. The lowest BCUT2D eigenvalue weighted by Gasteiger charge is -2.27. The van der Waals surface area contributed by atoms with Gasteiger partial charge in [-0.25, -0.2) is 0 Å². The summed E-state index contributed by atoms with van der Waals surface area (Å²) >= 11 is 0. The summed E-state index contributed by atoms with van der Waals surface area (Å²) in [6.07, 6.45) is 6.99. The van der Waals surface area contributed by atoms with Crippen LogP contribution in [0.25, 0.3) is 0 Å². The molecule has 3 aliphatic rings. The average molecular weight is 337 g/mol. The molecule has 2 fully saturated rings. The van der Waals surface area contributed by atoms with E-state index in [1.54, 1.807) is 0 Å². The molecule has 1 amide bonds. The van der Waals surface area contributed by atoms with E-state index in [9.17, 15) is 4.79 Å². The van der Waals surface area contributed by atoms with Crippen LogP contribution in [0.3, 0.4) is 0 Å². The van der Waals surface area contributed by atoms with Gasteiger partial charge in [-0.15, -0.1) is 12.4 Å². The van der Waals surface area contributed by atoms with Gasteiger partial charge in [0.2, 0.25) is 5.91 Å². The number of amides is 1. The minimum absolute atomic E-state index is 0. The number of benzene rings is 1. The van der Waals surface area contributed by atoms with Gasteiger partial charge >= 0.3 is 0 Å². The first-order valence-electron chi connectivity index (χ1n) is 8.59. The van der Waals surface area contributed by atoms with E-state index in [0.29, 0.717) is 18.6 Å². The van der Waals surface area contributed by atoms with Crippen molar-refractivity contribution < 1.29 is 9.53 Å². The molecule has 4 rings (SSSR count). The SMILES string of the molecule is Cl.O=C(NC1CCOc2ccccc21)C1CC2CCCCC2N1. The fourth-order valence-corrected chi connectivity index (χ4v) is 4.29. The smallest absolute Gasteiger partial charge is 0.237 e. The molecular weight excluding hydrogens is 312 g/mol. The van der Waals surface area contributed by atoms with Gasteiger partial charge in [0, 0.05) is 18.0 Å². The van der Waals surface area contributed by atoms with E-state index in [2.05, 4.69) is 16.7 Å². The predicted octanol–water partition coefficient (Wildman–Crippen LogP) is 2.97. The third kappa shape index (κ3) is 3.33. The first-order chi connectivity index (χ1) is 10.8. The number of carbonyl (C=O) groups is 1. The van der Waals surface area contributed by atoms with E-state index in [0.717, 1.165) is 24.2 Å². The molecule has 2 heterocycles. The largest absolute Gasteiger partial charge is 0.493 e. The summed E-state index contributed by atoms with van der Waals surface area (Å²) in [6.45, 7) is 0.672. The van der Waals surface area contributed by atoms with Gasteiger partial charge in [-0.2, -0.15) is 0 Å². The molecule has 4 atom stereocenters. The van der Waals surface area contributed by atoms with E-state index in [-0.39, 0.29) is 30.4 Å². The van der Waals surface area contributed by atoms with Crippen LogP contribution in [0.4, 0.5) is 0 Å². The van der Waals surface area contributed by atoms with Crippen molar-refractivity contribution in [2.24, 2.45) is 5.92 Å². The number of halogens is 1. The molecule has 1 saturated carbocycles. The van der Waals surface area contributed by atoms with Gasteiger partial charge in [-0.3, -0.25) is 4.79 Å². The Morgan fingerprint density at radius 3 is 2.87 bits per heavy atom. The highest BCUT2D eigenvalue weighted by Crippen LogP contribution is 2.35. The van der Waals surface area contributed by atoms with Gasteiger partial charge in [0.25, 0.3) is 0 Å². The Balaban J connectivity index is 0.00000156. The third-order valence-electron chi connectivity index (χ3n) is 5.45. The summed E-state index contributed by atoms with van der Waals surface area (Å²) in [7, 11) is 0. The molecule has 0 bridgehead atoms. The zero-order chi connectivity index (χ0) is 14.9. The van der Waals surface area contributed by atoms with Gasteiger partial charge in [-0.05, 0) is 31.2 Å². The van der Waals surface area contributed by atoms with Crippen LogP contribution in [0.2, 0.25) is 0 Å². The third-order valence-corrected chi connectivity index (χ3v) is 5.45. The fourth-order valence-electron chi connectivity index (χ4n) is 4.29. The van der Waals surface area contributed by atoms with Crippen molar-refractivity contribution in [2.75, 3.05) is 6.61 Å². The molecule has 1 saturated heterocycles. The molecule has 4 unspecified atom stereocenters. The summed E-state index contributed by atoms with van der Waals surface area (Å²) in [5.74, 6) is 1.77. The average Bonchev–Trinajstić information content (AvgIpc) is 2.99. The van der Waals surface area contributed by atoms with Crippen molar-refractivity contribution in [1.82, 2.24) is 10.6 Å². The van der Waals surface area contributed by atoms with Crippen molar-refractivity contribution in [2.45, 2.75) is 56.7 Å². The Morgan fingerprint density at radius 1 is 1.17 bits per heavy atom. The molecule has 4 nitrogen and oxygen atoms in total. The second-order valence-electron chi connectivity index (χ2n) is 6.84. The summed E-state index contributed by atoms with van der Waals surface area (Å²) < 4.78 is 5.67. The molecule has 1 aliphatic carbocycles. The standard InChI is InChI=1S/C18H24N2O2.ClH/c21-18(16-11-12-5-1-3-7-14(12)19-16)20-15-9-10-22-17-8-4-2-6-13(15)17;/h2,4,6,8,12,14-16,19H,1,3,5,7,9-11H2,(H,20,21);1H. The zero-order valence-electron chi connectivity index (χ0n) is 13.3. The number of nitrogens with one attached hydrogen (secondary N) is 2. The van der Waals surface area contributed by atoms with Gasteiger partial charge in [0.05, 0.1) is 18.7 Å². The molecule has 23 heavy (non-hydrogen) atoms. The second kappa shape index (κ2) is 7.10. The van der Waals surface area contributed by atoms with Crippen molar-refractivity contribution in [3.05, 3.63) is 29.8 Å². The van der Waals surface area contributed by atoms with Crippen LogP contribution in [0.15, 0.2) is 24.3 Å². The lowest BCUT2D eigenvalue weighted by molar-refractivity contribution is -0.123. The highest BCUT2D eigenvalue weighted by atomic mass is 35.5. The van der Waals surface area contributed by atoms with Crippen LogP contribution >= 0.6 is 12.4 Å². The molecule has 1 aromatic carbocycles. The zero-order valence-corrected chi connectivity index (χ0v) is 14.1. The Hall–Kier alpha value is -1.26. The molecular formula is C18H25ClN2O2. The second-order valence-corrected chi connectivity index (χ2v) is 6.84. The number of ether oxygens (including phenoxy) is 1. The van der Waals surface area contributed by atoms with Crippen LogP contribution in [-0.4, -0.2) is 24.6 Å². The van der Waals surface area contributed by atoms with Gasteiger partial charge < -0.3 is 15.4 Å². The quantitative estimate of drug-likeness (QED) is 0.873. The summed E-state index contributed by atoms with van der Waals surface area (Å²) in [5.41, 5.74) is 1.11. The molecule has 0 aromatic heterocycles. The topological polar surface area (TPSA) is 50.4 Å². The van der Waals surface area contributed by atoms with Crippen LogP contribution in [0.1, 0.15) is 50.1 Å². The van der Waals surface area contributed by atoms with Crippen LogP contribution in [0.5, 0.6) is 5.75 Å². The molecule has 5 heteroatoms. The highest BCUT2D eigenvalue weighted by molar-refractivity contribution is 5.85. The number of hydrogen-bond donors (Lipinski definition) is 2. The maximum Gasteiger partial charge on any atom is 0.237 e. The van der Waals surface area contributed by atoms with E-state index in [4.69, 9.17) is 4.74 Å². The van der Waals surface area contributed by atoms with Crippen LogP contribution in [0, 0.1) is 5.92 Å². The fraction of sp³-hybridized carbons (Fsp3) is 0.611. The Bertz CT molecular complexity index is 552. The maximum atomic E-state index is 12.7. The maximum absolute atomic E-state index is 12.7. The molecule has 0 spiro atoms. The lowest BCUT2D eigenvalue weighted by Crippen LogP contribution is -2.45. The number of hydrogen-bond acceptors (Lipinski definition) is 3. The normalized spacial score (nSPS) is 32.0. The van der Waals surface area contributed by atoms with E-state index in [1.807, 2.05) is 18.2 Å². The minimum atomic E-state index is -0.0110. The molecule has 126 valence electrons. The molecule has 2 N–H and O–H groups in total. The summed E-state index contributed by atoms with van der Waals surface area (Å²) in [6, 6.07) is 8.66. The Labute approximate surface area is 143 Å². The first-order valence-corrected chi connectivity index (χ1v) is 8.59. The number of rotatable bonds is 2. The van der Waals surface area contributed by atoms with Crippen molar-refractivity contribution >= 4 is 18.3 Å². The number of fused-ring (bicyclic) bond motifs is 2. The summed E-state index contributed by atoms with van der Waals surface area (Å²) in [5, 5.41) is 6.81. The Kier molecular flexibility index (Phi) is 5.12. The van der Waals surface area contributed by atoms with Gasteiger partial charge in [-0.1, -0.05) is 31.0 Å². The van der Waals surface area contributed by atoms with E-state index < -0.39 is 0 Å². The number of para-hydroxylation sites is 1. The van der Waals surface area contributed by atoms with Crippen molar-refractivity contribution in [3.63, 3.8) is 0 Å². The lowest BCUT2D eigenvalue weighted by atomic mass is 9.85. The van der Waals surface area contributed by atoms with E-state index in [1.165, 1.54) is 25.7 Å². The summed E-state index contributed by atoms with van der Waals surface area (Å²) in [4.78, 5) is 12.7.